The molecule has 0 saturated heterocycles. The molecule has 5 nitrogen and oxygen atoms in total. The number of hydrogen-bond acceptors (Lipinski definition) is 3. The van der Waals surface area contributed by atoms with Gasteiger partial charge in [-0.2, -0.15) is 0 Å². The summed E-state index contributed by atoms with van der Waals surface area (Å²) in [5.74, 6) is 0.803. The summed E-state index contributed by atoms with van der Waals surface area (Å²) in [5.41, 5.74) is 0. The molecule has 0 radical (unpaired) electrons. The van der Waals surface area contributed by atoms with Crippen LogP contribution in [0.25, 0.3) is 0 Å². The number of esters is 1. The van der Waals surface area contributed by atoms with Gasteiger partial charge in [0.1, 0.15) is 0 Å². The Morgan fingerprint density at radius 1 is 1.24 bits per heavy atom. The van der Waals surface area contributed by atoms with Crippen LogP contribution in [0.1, 0.15) is 51.9 Å². The maximum absolute atomic E-state index is 11.0. The first kappa shape index (κ1) is 17.5. The molecule has 0 fully saturated rings. The fourth-order valence-electron chi connectivity index (χ4n) is 2.28. The average Bonchev–Trinajstić information content (AvgIpc) is 2.99. The van der Waals surface area contributed by atoms with Crippen LogP contribution in [0.5, 0.6) is 0 Å². The maximum atomic E-state index is 11.0. The second-order valence-corrected chi connectivity index (χ2v) is 5.29. The Bertz CT molecular complexity index is 345. The Hall–Kier alpha value is -1.52. The summed E-state index contributed by atoms with van der Waals surface area (Å²) in [5, 5.41) is 6.74. The van der Waals surface area contributed by atoms with Crippen molar-refractivity contribution >= 4 is 11.9 Å². The second kappa shape index (κ2) is 11.2. The lowest BCUT2D eigenvalue weighted by Crippen LogP contribution is -2.42. The summed E-state index contributed by atoms with van der Waals surface area (Å²) in [6, 6.07) is 0.489. The van der Waals surface area contributed by atoms with E-state index >= 15 is 0 Å². The van der Waals surface area contributed by atoms with Gasteiger partial charge in [0.15, 0.2) is 5.96 Å². The molecule has 1 aliphatic rings. The van der Waals surface area contributed by atoms with Crippen LogP contribution in [-0.2, 0) is 9.53 Å². The number of unbranched alkanes of at least 4 members (excludes halogenated alkanes) is 3. The molecule has 0 aromatic rings. The van der Waals surface area contributed by atoms with Gasteiger partial charge in [-0.25, -0.2) is 0 Å². The predicted octanol–water partition coefficient (Wildman–Crippen LogP) is 2.38. The van der Waals surface area contributed by atoms with Crippen molar-refractivity contribution in [1.29, 1.82) is 0 Å². The molecule has 0 unspecified atom stereocenters. The van der Waals surface area contributed by atoms with E-state index in [1.54, 1.807) is 0 Å². The molecule has 0 aromatic carbocycles. The Morgan fingerprint density at radius 2 is 1.95 bits per heavy atom. The normalized spacial score (nSPS) is 15.2. The smallest absolute Gasteiger partial charge is 0.305 e. The van der Waals surface area contributed by atoms with Crippen molar-refractivity contribution in [3.8, 4) is 0 Å². The van der Waals surface area contributed by atoms with Gasteiger partial charge in [-0.05, 0) is 32.6 Å². The number of carbonyl (C=O) groups excluding carboxylic acids is 1. The van der Waals surface area contributed by atoms with Crippen LogP contribution in [0.15, 0.2) is 17.1 Å². The number of carbonyl (C=O) groups is 1. The molecule has 0 spiro atoms. The van der Waals surface area contributed by atoms with Crippen molar-refractivity contribution in [2.24, 2.45) is 4.99 Å². The summed E-state index contributed by atoms with van der Waals surface area (Å²) in [6.07, 6.45) is 11.2. The lowest BCUT2D eigenvalue weighted by atomic mass is 10.1. The van der Waals surface area contributed by atoms with Crippen molar-refractivity contribution in [1.82, 2.24) is 10.6 Å². The van der Waals surface area contributed by atoms with Crippen LogP contribution in [0.4, 0.5) is 0 Å². The van der Waals surface area contributed by atoms with Gasteiger partial charge in [0.05, 0.1) is 7.11 Å². The quantitative estimate of drug-likeness (QED) is 0.225. The molecule has 21 heavy (non-hydrogen) atoms. The zero-order valence-corrected chi connectivity index (χ0v) is 13.4. The van der Waals surface area contributed by atoms with E-state index in [4.69, 9.17) is 0 Å². The van der Waals surface area contributed by atoms with E-state index in [2.05, 4.69) is 39.4 Å². The molecular weight excluding hydrogens is 266 g/mol. The summed E-state index contributed by atoms with van der Waals surface area (Å²) < 4.78 is 4.62. The average molecular weight is 295 g/mol. The van der Waals surface area contributed by atoms with E-state index in [1.807, 2.05) is 0 Å². The summed E-state index contributed by atoms with van der Waals surface area (Å²) >= 11 is 0. The number of methoxy groups -OCH3 is 1. The molecule has 0 heterocycles. The van der Waals surface area contributed by atoms with Crippen LogP contribution >= 0.6 is 0 Å². The van der Waals surface area contributed by atoms with E-state index in [9.17, 15) is 4.79 Å². The highest BCUT2D eigenvalue weighted by molar-refractivity contribution is 5.80. The molecule has 0 saturated carbocycles. The third-order valence-corrected chi connectivity index (χ3v) is 3.48. The molecular formula is C16H29N3O2. The van der Waals surface area contributed by atoms with E-state index in [-0.39, 0.29) is 5.97 Å². The Morgan fingerprint density at radius 3 is 2.62 bits per heavy atom. The Balaban J connectivity index is 2.11. The molecule has 120 valence electrons. The summed E-state index contributed by atoms with van der Waals surface area (Å²) in [4.78, 5) is 15.6. The number of hydrogen-bond donors (Lipinski definition) is 2. The molecule has 2 N–H and O–H groups in total. The summed E-state index contributed by atoms with van der Waals surface area (Å²) in [7, 11) is 1.44. The van der Waals surface area contributed by atoms with Crippen molar-refractivity contribution < 1.29 is 9.53 Å². The first-order chi connectivity index (χ1) is 10.3. The molecule has 5 heteroatoms. The van der Waals surface area contributed by atoms with Gasteiger partial charge in [0.25, 0.3) is 0 Å². The fraction of sp³-hybridized carbons (Fsp3) is 0.750. The van der Waals surface area contributed by atoms with Gasteiger partial charge >= 0.3 is 5.97 Å². The predicted molar refractivity (Wildman–Crippen MR) is 86.4 cm³/mol. The molecule has 0 amide bonds. The fourth-order valence-corrected chi connectivity index (χ4v) is 2.28. The van der Waals surface area contributed by atoms with Gasteiger partial charge in [-0.15, -0.1) is 0 Å². The van der Waals surface area contributed by atoms with Gasteiger partial charge < -0.3 is 15.4 Å². The van der Waals surface area contributed by atoms with Gasteiger partial charge in [-0.1, -0.05) is 25.0 Å². The minimum Gasteiger partial charge on any atom is -0.469 e. The number of rotatable bonds is 9. The van der Waals surface area contributed by atoms with Crippen LogP contribution in [0.2, 0.25) is 0 Å². The lowest BCUT2D eigenvalue weighted by Gasteiger charge is -2.16. The molecule has 0 aromatic heterocycles. The number of nitrogens with one attached hydrogen (secondary N) is 2. The molecule has 1 aliphatic carbocycles. The minimum atomic E-state index is -0.114. The topological polar surface area (TPSA) is 62.7 Å². The van der Waals surface area contributed by atoms with Gasteiger partial charge in [0, 0.05) is 25.6 Å². The number of guanidine groups is 1. The van der Waals surface area contributed by atoms with Gasteiger partial charge in [-0.3, -0.25) is 9.79 Å². The monoisotopic (exact) mass is 295 g/mol. The number of nitrogens with zero attached hydrogens (tertiary/aromatic N) is 1. The molecule has 0 aliphatic heterocycles. The van der Waals surface area contributed by atoms with Gasteiger partial charge in [0.2, 0.25) is 0 Å². The number of aliphatic imine (C=N–C) groups is 1. The van der Waals surface area contributed by atoms with Crippen molar-refractivity contribution in [3.63, 3.8) is 0 Å². The maximum Gasteiger partial charge on any atom is 0.305 e. The first-order valence-electron chi connectivity index (χ1n) is 8.03. The highest BCUT2D eigenvalue weighted by Crippen LogP contribution is 2.09. The van der Waals surface area contributed by atoms with E-state index in [1.165, 1.54) is 7.11 Å². The zero-order valence-electron chi connectivity index (χ0n) is 13.4. The highest BCUT2D eigenvalue weighted by Gasteiger charge is 2.11. The zero-order chi connectivity index (χ0) is 15.3. The highest BCUT2D eigenvalue weighted by atomic mass is 16.5. The third kappa shape index (κ3) is 8.38. The van der Waals surface area contributed by atoms with E-state index in [0.717, 1.165) is 57.6 Å². The minimum absolute atomic E-state index is 0.114. The number of ether oxygens (including phenoxy) is 1. The summed E-state index contributed by atoms with van der Waals surface area (Å²) in [6.45, 7) is 3.79. The molecule has 1 rings (SSSR count). The standard InChI is InChI=1S/C16H29N3O2/c1-3-17-16(19-14-10-7-8-11-14)18-13-9-5-4-6-12-15(20)21-2/h7-8,14H,3-6,9-13H2,1-2H3,(H2,17,18,19). The SMILES string of the molecule is CCNC(=NCCCCCCC(=O)OC)NC1CC=CC1. The molecule has 0 bridgehead atoms. The van der Waals surface area contributed by atoms with Crippen LogP contribution in [0, 0.1) is 0 Å². The first-order valence-corrected chi connectivity index (χ1v) is 8.03. The van der Waals surface area contributed by atoms with E-state index < -0.39 is 0 Å². The van der Waals surface area contributed by atoms with E-state index in [0.29, 0.717) is 12.5 Å². The largest absolute Gasteiger partial charge is 0.469 e. The van der Waals surface area contributed by atoms with Crippen LogP contribution in [-0.4, -0.2) is 38.2 Å². The third-order valence-electron chi connectivity index (χ3n) is 3.48. The van der Waals surface area contributed by atoms with Crippen LogP contribution < -0.4 is 10.6 Å². The molecule has 0 atom stereocenters. The van der Waals surface area contributed by atoms with Crippen molar-refractivity contribution in [3.05, 3.63) is 12.2 Å². The lowest BCUT2D eigenvalue weighted by molar-refractivity contribution is -0.140. The Kier molecular flexibility index (Phi) is 9.33. The van der Waals surface area contributed by atoms with Crippen LogP contribution in [0.3, 0.4) is 0 Å². The van der Waals surface area contributed by atoms with Crippen molar-refractivity contribution in [2.75, 3.05) is 20.2 Å². The Labute approximate surface area is 128 Å². The second-order valence-electron chi connectivity index (χ2n) is 5.29. The van der Waals surface area contributed by atoms with Crippen molar-refractivity contribution in [2.45, 2.75) is 57.9 Å².